The first-order valence-corrected chi connectivity index (χ1v) is 5.53. The summed E-state index contributed by atoms with van der Waals surface area (Å²) in [4.78, 5) is 8.69. The second-order valence-electron chi connectivity index (χ2n) is 3.44. The fourth-order valence-electron chi connectivity index (χ4n) is 0.989. The fraction of sp³-hybridized carbons (Fsp3) is 0.400. The third-order valence-corrected chi connectivity index (χ3v) is 2.03. The number of aromatic nitrogens is 2. The smallest absolute Gasteiger partial charge is 0.137 e. The van der Waals surface area contributed by atoms with Crippen LogP contribution in [0.3, 0.4) is 0 Å². The van der Waals surface area contributed by atoms with E-state index in [1.165, 1.54) is 0 Å². The van der Waals surface area contributed by atoms with Crippen LogP contribution in [0.25, 0.3) is 0 Å². The van der Waals surface area contributed by atoms with Crippen molar-refractivity contribution in [1.29, 1.82) is 0 Å². The van der Waals surface area contributed by atoms with Crippen LogP contribution in [0.5, 0.6) is 0 Å². The average molecular weight is 303 g/mol. The molecule has 1 aromatic heterocycles. The average Bonchev–Trinajstić information content (AvgIpc) is 2.07. The van der Waals surface area contributed by atoms with Gasteiger partial charge < -0.3 is 5.32 Å². The van der Waals surface area contributed by atoms with E-state index in [9.17, 15) is 0 Å². The van der Waals surface area contributed by atoms with Gasteiger partial charge >= 0.3 is 0 Å². The Hall–Kier alpha value is -0.650. The van der Waals surface area contributed by atoms with Gasteiger partial charge in [0.25, 0.3) is 0 Å². The Labute approximate surface area is 98.2 Å². The minimum Gasteiger partial charge on any atom is -0.335 e. The second kappa shape index (κ2) is 4.72. The number of nitrogens with zero attached hydrogens (tertiary/aromatic N) is 2. The lowest BCUT2D eigenvalue weighted by Crippen LogP contribution is -2.04. The molecule has 0 aliphatic rings. The van der Waals surface area contributed by atoms with Gasteiger partial charge in [-0.15, -0.1) is 0 Å². The van der Waals surface area contributed by atoms with Gasteiger partial charge in [-0.05, 0) is 29.5 Å². The van der Waals surface area contributed by atoms with Gasteiger partial charge in [0.05, 0.1) is 3.70 Å². The molecule has 0 radical (unpaired) electrons. The molecular formula is C10H14IN3. The van der Waals surface area contributed by atoms with Crippen molar-refractivity contribution in [1.82, 2.24) is 9.97 Å². The van der Waals surface area contributed by atoms with Gasteiger partial charge in [-0.25, -0.2) is 9.97 Å². The highest BCUT2D eigenvalue weighted by molar-refractivity contribution is 14.1. The number of halogens is 1. The largest absolute Gasteiger partial charge is 0.335 e. The maximum absolute atomic E-state index is 4.42. The Morgan fingerprint density at radius 2 is 2.21 bits per heavy atom. The van der Waals surface area contributed by atoms with E-state index in [4.69, 9.17) is 0 Å². The quantitative estimate of drug-likeness (QED) is 0.688. The Morgan fingerprint density at radius 1 is 1.57 bits per heavy atom. The number of rotatable bonds is 3. The molecule has 0 aromatic carbocycles. The van der Waals surface area contributed by atoms with Crippen LogP contribution in [0.1, 0.15) is 31.2 Å². The van der Waals surface area contributed by atoms with Gasteiger partial charge in [-0.1, -0.05) is 20.4 Å². The molecule has 0 saturated carbocycles. The van der Waals surface area contributed by atoms with Gasteiger partial charge in [0.15, 0.2) is 0 Å². The van der Waals surface area contributed by atoms with E-state index in [2.05, 4.69) is 58.3 Å². The maximum Gasteiger partial charge on any atom is 0.137 e. The fourth-order valence-corrected chi connectivity index (χ4v) is 1.24. The Kier molecular flexibility index (Phi) is 3.86. The van der Waals surface area contributed by atoms with E-state index in [1.807, 2.05) is 13.1 Å². The lowest BCUT2D eigenvalue weighted by atomic mass is 10.2. The minimum atomic E-state index is 0.346. The minimum absolute atomic E-state index is 0.346. The molecule has 3 nitrogen and oxygen atoms in total. The maximum atomic E-state index is 4.42. The number of hydrogen-bond donors (Lipinski definition) is 1. The normalized spacial score (nSPS) is 10.4. The number of anilines is 1. The van der Waals surface area contributed by atoms with E-state index in [0.29, 0.717) is 5.92 Å². The van der Waals surface area contributed by atoms with Crippen molar-refractivity contribution in [3.8, 4) is 0 Å². The highest BCUT2D eigenvalue weighted by Crippen LogP contribution is 2.17. The van der Waals surface area contributed by atoms with E-state index < -0.39 is 0 Å². The molecule has 1 aromatic rings. The molecule has 0 fully saturated rings. The zero-order valence-electron chi connectivity index (χ0n) is 8.63. The van der Waals surface area contributed by atoms with Crippen LogP contribution < -0.4 is 5.32 Å². The van der Waals surface area contributed by atoms with Crippen LogP contribution in [0.4, 0.5) is 5.82 Å². The number of aryl methyl sites for hydroxylation is 1. The van der Waals surface area contributed by atoms with Crippen LogP contribution in [0.15, 0.2) is 16.5 Å². The summed E-state index contributed by atoms with van der Waals surface area (Å²) in [6, 6.07) is 0. The number of hydrogen-bond acceptors (Lipinski definition) is 3. The van der Waals surface area contributed by atoms with Gasteiger partial charge in [0.1, 0.15) is 11.6 Å². The van der Waals surface area contributed by atoms with E-state index in [0.717, 1.165) is 20.9 Å². The monoisotopic (exact) mass is 303 g/mol. The molecule has 0 saturated heterocycles. The summed E-state index contributed by atoms with van der Waals surface area (Å²) in [6.07, 6.45) is 1.84. The van der Waals surface area contributed by atoms with Crippen molar-refractivity contribution in [3.05, 3.63) is 27.9 Å². The molecule has 0 unspecified atom stereocenters. The van der Waals surface area contributed by atoms with Crippen LogP contribution in [0, 0.1) is 6.92 Å². The highest BCUT2D eigenvalue weighted by atomic mass is 127. The zero-order chi connectivity index (χ0) is 10.7. The predicted molar refractivity (Wildman–Crippen MR) is 67.6 cm³/mol. The predicted octanol–water partition coefficient (Wildman–Crippen LogP) is 3.23. The Bertz CT molecular complexity index is 347. The molecule has 1 rings (SSSR count). The first kappa shape index (κ1) is 11.4. The molecule has 0 atom stereocenters. The molecule has 14 heavy (non-hydrogen) atoms. The molecule has 0 aliphatic carbocycles. The third kappa shape index (κ3) is 2.94. The zero-order valence-corrected chi connectivity index (χ0v) is 10.8. The molecule has 1 heterocycles. The molecule has 4 heteroatoms. The summed E-state index contributed by atoms with van der Waals surface area (Å²) >= 11 is 2.13. The third-order valence-electron chi connectivity index (χ3n) is 1.76. The SMILES string of the molecule is C=C(I)Nc1nc(C(C)C)ncc1C. The van der Waals surface area contributed by atoms with Crippen molar-refractivity contribution >= 4 is 28.4 Å². The van der Waals surface area contributed by atoms with Gasteiger partial charge in [0, 0.05) is 17.7 Å². The molecular weight excluding hydrogens is 289 g/mol. The summed E-state index contributed by atoms with van der Waals surface area (Å²) in [5.41, 5.74) is 1.03. The van der Waals surface area contributed by atoms with E-state index in [-0.39, 0.29) is 0 Å². The van der Waals surface area contributed by atoms with Gasteiger partial charge in [-0.3, -0.25) is 0 Å². The Balaban J connectivity index is 3.02. The van der Waals surface area contributed by atoms with Crippen LogP contribution in [-0.2, 0) is 0 Å². The highest BCUT2D eigenvalue weighted by Gasteiger charge is 2.06. The molecule has 0 bridgehead atoms. The van der Waals surface area contributed by atoms with Crippen molar-refractivity contribution in [2.45, 2.75) is 26.7 Å². The summed E-state index contributed by atoms with van der Waals surface area (Å²) in [5.74, 6) is 2.05. The first-order chi connectivity index (χ1) is 6.50. The standard InChI is InChI=1S/C10H14IN3/c1-6(2)9-12-5-7(3)10(14-9)13-8(4)11/h5-6H,4H2,1-3H3,(H,12,13,14). The lowest BCUT2D eigenvalue weighted by molar-refractivity contribution is 0.773. The number of nitrogens with one attached hydrogen (secondary N) is 1. The molecule has 0 amide bonds. The molecule has 1 N–H and O–H groups in total. The summed E-state index contributed by atoms with van der Waals surface area (Å²) in [6.45, 7) is 9.91. The van der Waals surface area contributed by atoms with E-state index in [1.54, 1.807) is 0 Å². The van der Waals surface area contributed by atoms with Crippen LogP contribution in [0.2, 0.25) is 0 Å². The first-order valence-electron chi connectivity index (χ1n) is 4.45. The summed E-state index contributed by atoms with van der Waals surface area (Å²) in [7, 11) is 0. The summed E-state index contributed by atoms with van der Waals surface area (Å²) < 4.78 is 0.860. The molecule has 76 valence electrons. The lowest BCUT2D eigenvalue weighted by Gasteiger charge is -2.09. The Morgan fingerprint density at radius 3 is 2.71 bits per heavy atom. The van der Waals surface area contributed by atoms with Crippen LogP contribution >= 0.6 is 22.6 Å². The van der Waals surface area contributed by atoms with Crippen molar-refractivity contribution in [2.75, 3.05) is 5.32 Å². The summed E-state index contributed by atoms with van der Waals surface area (Å²) in [5, 5.41) is 3.11. The molecule has 0 spiro atoms. The van der Waals surface area contributed by atoms with Crippen LogP contribution in [-0.4, -0.2) is 9.97 Å². The van der Waals surface area contributed by atoms with Crippen molar-refractivity contribution in [3.63, 3.8) is 0 Å². The van der Waals surface area contributed by atoms with Gasteiger partial charge in [-0.2, -0.15) is 0 Å². The topological polar surface area (TPSA) is 37.8 Å². The van der Waals surface area contributed by atoms with Crippen molar-refractivity contribution < 1.29 is 0 Å². The van der Waals surface area contributed by atoms with Gasteiger partial charge in [0.2, 0.25) is 0 Å². The second-order valence-corrected chi connectivity index (χ2v) is 4.75. The van der Waals surface area contributed by atoms with Crippen molar-refractivity contribution in [2.24, 2.45) is 0 Å². The molecule has 0 aliphatic heterocycles. The van der Waals surface area contributed by atoms with E-state index >= 15 is 0 Å².